The standard InChI is InChI=1S/C17H14N2O8/c1-6-3-4-8(12(18-6)11(15(22)23)16(24)25)9-5-7(2)19-13(17(26)27)10(9)14(20)21/h3-5,11H,1-2H3,(H,20,21)(H,22,23)(H,24,25)(H,26,27). The Morgan fingerprint density at radius 1 is 0.815 bits per heavy atom. The van der Waals surface area contributed by atoms with Crippen LogP contribution in [0.3, 0.4) is 0 Å². The zero-order chi connectivity index (χ0) is 20.5. The summed E-state index contributed by atoms with van der Waals surface area (Å²) >= 11 is 0. The van der Waals surface area contributed by atoms with Crippen molar-refractivity contribution in [3.8, 4) is 11.1 Å². The molecule has 0 amide bonds. The molecule has 2 rings (SSSR count). The Balaban J connectivity index is 2.95. The molecule has 0 bridgehead atoms. The molecule has 27 heavy (non-hydrogen) atoms. The summed E-state index contributed by atoms with van der Waals surface area (Å²) in [6, 6.07) is 3.98. The van der Waals surface area contributed by atoms with Crippen LogP contribution in [0.2, 0.25) is 0 Å². The van der Waals surface area contributed by atoms with Gasteiger partial charge in [-0.1, -0.05) is 6.07 Å². The molecule has 0 spiro atoms. The molecule has 10 nitrogen and oxygen atoms in total. The fraction of sp³-hybridized carbons (Fsp3) is 0.176. The molecular weight excluding hydrogens is 360 g/mol. The fourth-order valence-corrected chi connectivity index (χ4v) is 2.62. The lowest BCUT2D eigenvalue weighted by atomic mass is 9.91. The molecule has 4 N–H and O–H groups in total. The maximum absolute atomic E-state index is 11.7. The quantitative estimate of drug-likeness (QED) is 0.541. The normalized spacial score (nSPS) is 10.6. The molecule has 2 heterocycles. The van der Waals surface area contributed by atoms with Gasteiger partial charge in [-0.15, -0.1) is 0 Å². The molecule has 0 fully saturated rings. The Labute approximate surface area is 151 Å². The predicted octanol–water partition coefficient (Wildman–Crippen LogP) is 1.41. The molecule has 2 aromatic heterocycles. The lowest BCUT2D eigenvalue weighted by Gasteiger charge is -2.16. The molecule has 10 heteroatoms. The second kappa shape index (κ2) is 7.20. The molecule has 0 aliphatic rings. The van der Waals surface area contributed by atoms with Crippen molar-refractivity contribution in [2.75, 3.05) is 0 Å². The third-order valence-electron chi connectivity index (χ3n) is 3.69. The fourth-order valence-electron chi connectivity index (χ4n) is 2.62. The molecule has 0 saturated heterocycles. The molecule has 0 saturated carbocycles. The van der Waals surface area contributed by atoms with Crippen molar-refractivity contribution in [1.82, 2.24) is 9.97 Å². The summed E-state index contributed by atoms with van der Waals surface area (Å²) in [5.74, 6) is -8.65. The first-order valence-electron chi connectivity index (χ1n) is 7.46. The Hall–Kier alpha value is -3.82. The number of nitrogens with zero attached hydrogens (tertiary/aromatic N) is 2. The average molecular weight is 374 g/mol. The van der Waals surface area contributed by atoms with Crippen molar-refractivity contribution in [3.63, 3.8) is 0 Å². The molecule has 0 aromatic carbocycles. The van der Waals surface area contributed by atoms with Gasteiger partial charge in [0.2, 0.25) is 0 Å². The number of aliphatic carboxylic acids is 2. The number of hydrogen-bond donors (Lipinski definition) is 4. The highest BCUT2D eigenvalue weighted by molar-refractivity contribution is 6.07. The van der Waals surface area contributed by atoms with Crippen molar-refractivity contribution in [3.05, 3.63) is 46.5 Å². The lowest BCUT2D eigenvalue weighted by Crippen LogP contribution is -2.23. The van der Waals surface area contributed by atoms with E-state index in [0.717, 1.165) is 0 Å². The first-order valence-corrected chi connectivity index (χ1v) is 7.46. The number of aromatic nitrogens is 2. The average Bonchev–Trinajstić information content (AvgIpc) is 2.53. The predicted molar refractivity (Wildman–Crippen MR) is 88.9 cm³/mol. The Morgan fingerprint density at radius 2 is 1.41 bits per heavy atom. The zero-order valence-corrected chi connectivity index (χ0v) is 14.1. The van der Waals surface area contributed by atoms with Gasteiger partial charge in [-0.25, -0.2) is 14.6 Å². The van der Waals surface area contributed by atoms with Crippen molar-refractivity contribution in [1.29, 1.82) is 0 Å². The third-order valence-corrected chi connectivity index (χ3v) is 3.69. The highest BCUT2D eigenvalue weighted by Gasteiger charge is 2.34. The van der Waals surface area contributed by atoms with Crippen molar-refractivity contribution < 1.29 is 39.6 Å². The van der Waals surface area contributed by atoms with E-state index in [2.05, 4.69) is 9.97 Å². The maximum Gasteiger partial charge on any atom is 0.355 e. The number of carboxylic acid groups (broad SMARTS) is 4. The SMILES string of the molecule is Cc1cc(-c2ccc(C)nc2C(C(=O)O)C(=O)O)c(C(=O)O)c(C(=O)O)n1. The van der Waals surface area contributed by atoms with Crippen LogP contribution in [0.5, 0.6) is 0 Å². The molecule has 0 radical (unpaired) electrons. The summed E-state index contributed by atoms with van der Waals surface area (Å²) in [6.07, 6.45) is 0. The van der Waals surface area contributed by atoms with Crippen molar-refractivity contribution in [2.45, 2.75) is 19.8 Å². The minimum Gasteiger partial charge on any atom is -0.480 e. The van der Waals surface area contributed by atoms with Crippen LogP contribution in [0.1, 0.15) is 43.8 Å². The highest BCUT2D eigenvalue weighted by Crippen LogP contribution is 2.33. The van der Waals surface area contributed by atoms with Gasteiger partial charge in [0.15, 0.2) is 11.6 Å². The molecular formula is C17H14N2O8. The van der Waals surface area contributed by atoms with Crippen LogP contribution in [0.4, 0.5) is 0 Å². The Morgan fingerprint density at radius 3 is 1.89 bits per heavy atom. The van der Waals surface area contributed by atoms with Gasteiger partial charge in [0.25, 0.3) is 0 Å². The first-order chi connectivity index (χ1) is 12.5. The molecule has 0 atom stereocenters. The van der Waals surface area contributed by atoms with E-state index in [4.69, 9.17) is 0 Å². The van der Waals surface area contributed by atoms with Crippen LogP contribution in [0, 0.1) is 13.8 Å². The van der Waals surface area contributed by atoms with Gasteiger partial charge in [-0.3, -0.25) is 14.6 Å². The second-order valence-corrected chi connectivity index (χ2v) is 5.64. The van der Waals surface area contributed by atoms with E-state index < -0.39 is 46.7 Å². The van der Waals surface area contributed by atoms with Gasteiger partial charge >= 0.3 is 23.9 Å². The van der Waals surface area contributed by atoms with Crippen molar-refractivity contribution >= 4 is 23.9 Å². The largest absolute Gasteiger partial charge is 0.480 e. The maximum atomic E-state index is 11.7. The summed E-state index contributed by atoms with van der Waals surface area (Å²) < 4.78 is 0. The highest BCUT2D eigenvalue weighted by atomic mass is 16.4. The summed E-state index contributed by atoms with van der Waals surface area (Å²) in [6.45, 7) is 2.93. The topological polar surface area (TPSA) is 175 Å². The van der Waals surface area contributed by atoms with E-state index in [1.165, 1.54) is 32.0 Å². The monoisotopic (exact) mass is 374 g/mol. The number of aromatic carboxylic acids is 2. The molecule has 0 aliphatic carbocycles. The lowest BCUT2D eigenvalue weighted by molar-refractivity contribution is -0.150. The van der Waals surface area contributed by atoms with Crippen molar-refractivity contribution in [2.24, 2.45) is 0 Å². The summed E-state index contributed by atoms with van der Waals surface area (Å²) in [5, 5.41) is 37.4. The van der Waals surface area contributed by atoms with E-state index in [1.54, 1.807) is 0 Å². The number of carboxylic acids is 4. The van der Waals surface area contributed by atoms with Gasteiger partial charge < -0.3 is 20.4 Å². The molecule has 0 aliphatic heterocycles. The second-order valence-electron chi connectivity index (χ2n) is 5.64. The van der Waals surface area contributed by atoms with E-state index >= 15 is 0 Å². The smallest absolute Gasteiger partial charge is 0.355 e. The molecule has 2 aromatic rings. The number of hydrogen-bond acceptors (Lipinski definition) is 6. The van der Waals surface area contributed by atoms with E-state index in [9.17, 15) is 39.6 Å². The third kappa shape index (κ3) is 3.73. The van der Waals surface area contributed by atoms with Crippen LogP contribution in [0.25, 0.3) is 11.1 Å². The van der Waals surface area contributed by atoms with Gasteiger partial charge in [-0.2, -0.15) is 0 Å². The van der Waals surface area contributed by atoms with E-state index in [0.29, 0.717) is 5.69 Å². The minimum absolute atomic E-state index is 0.110. The van der Waals surface area contributed by atoms with Gasteiger partial charge in [0.05, 0.1) is 5.69 Å². The Bertz CT molecular complexity index is 969. The van der Waals surface area contributed by atoms with Crippen LogP contribution < -0.4 is 0 Å². The van der Waals surface area contributed by atoms with E-state index in [-0.39, 0.29) is 16.8 Å². The summed E-state index contributed by atoms with van der Waals surface area (Å²) in [5.41, 5.74) is -1.66. The van der Waals surface area contributed by atoms with Crippen LogP contribution in [0.15, 0.2) is 18.2 Å². The number of carbonyl (C=O) groups is 4. The zero-order valence-electron chi connectivity index (χ0n) is 14.1. The first kappa shape index (κ1) is 19.5. The van der Waals surface area contributed by atoms with Gasteiger partial charge in [0, 0.05) is 22.5 Å². The minimum atomic E-state index is -2.07. The van der Waals surface area contributed by atoms with Gasteiger partial charge in [-0.05, 0) is 26.0 Å². The van der Waals surface area contributed by atoms with Gasteiger partial charge in [0.1, 0.15) is 5.56 Å². The molecule has 140 valence electrons. The number of aryl methyl sites for hydroxylation is 2. The van der Waals surface area contributed by atoms with Crippen LogP contribution >= 0.6 is 0 Å². The van der Waals surface area contributed by atoms with E-state index in [1.807, 2.05) is 0 Å². The summed E-state index contributed by atoms with van der Waals surface area (Å²) in [7, 11) is 0. The number of rotatable bonds is 6. The summed E-state index contributed by atoms with van der Waals surface area (Å²) in [4.78, 5) is 53.7. The van der Waals surface area contributed by atoms with Crippen LogP contribution in [-0.4, -0.2) is 54.3 Å². The Kier molecular flexibility index (Phi) is 5.20. The number of pyridine rings is 2. The molecule has 0 unspecified atom stereocenters. The van der Waals surface area contributed by atoms with Crippen LogP contribution in [-0.2, 0) is 9.59 Å².